The molecular weight excluding hydrogens is 272 g/mol. The lowest BCUT2D eigenvalue weighted by Crippen LogP contribution is -2.47. The van der Waals surface area contributed by atoms with Crippen molar-refractivity contribution >= 4 is 29.7 Å². The number of carboxylic acids is 1. The maximum atomic E-state index is 11.4. The summed E-state index contributed by atoms with van der Waals surface area (Å²) in [5.74, 6) is -0.945. The number of esters is 1. The number of rotatable bonds is 9. The summed E-state index contributed by atoms with van der Waals surface area (Å²) in [4.78, 5) is 33.2. The summed E-state index contributed by atoms with van der Waals surface area (Å²) in [5, 5.41) is 13.6. The van der Waals surface area contributed by atoms with Gasteiger partial charge < -0.3 is 20.5 Å². The van der Waals surface area contributed by atoms with Gasteiger partial charge in [0.15, 0.2) is 0 Å². The lowest BCUT2D eigenvalue weighted by molar-refractivity contribution is -0.147. The topological polar surface area (TPSA) is 105 Å². The highest BCUT2D eigenvalue weighted by Crippen LogP contribution is 1.98. The van der Waals surface area contributed by atoms with Crippen molar-refractivity contribution in [2.45, 2.75) is 25.3 Å². The van der Waals surface area contributed by atoms with Crippen molar-refractivity contribution in [1.82, 2.24) is 10.6 Å². The average molecular weight is 292 g/mol. The summed E-state index contributed by atoms with van der Waals surface area (Å²) >= 11 is 1.73. The SMILES string of the molecule is COC(=O)C[C@H](NC(=O)NCCCCSC)C(=O)O. The van der Waals surface area contributed by atoms with E-state index >= 15 is 0 Å². The zero-order valence-corrected chi connectivity index (χ0v) is 11.9. The molecule has 0 fully saturated rings. The van der Waals surface area contributed by atoms with E-state index in [2.05, 4.69) is 15.4 Å². The number of aliphatic carboxylic acids is 1. The van der Waals surface area contributed by atoms with E-state index in [-0.39, 0.29) is 0 Å². The molecule has 0 aromatic rings. The van der Waals surface area contributed by atoms with Gasteiger partial charge in [0, 0.05) is 6.54 Å². The van der Waals surface area contributed by atoms with E-state index in [9.17, 15) is 14.4 Å². The maximum absolute atomic E-state index is 11.4. The Labute approximate surface area is 116 Å². The molecular formula is C11H20N2O5S. The second-order valence-corrected chi connectivity index (χ2v) is 4.76. The summed E-state index contributed by atoms with van der Waals surface area (Å²) in [6, 6.07) is -1.88. The van der Waals surface area contributed by atoms with Crippen LogP contribution in [0.25, 0.3) is 0 Å². The number of hydrogen-bond donors (Lipinski definition) is 3. The van der Waals surface area contributed by atoms with Gasteiger partial charge in [-0.1, -0.05) is 0 Å². The number of amides is 2. The van der Waals surface area contributed by atoms with Crippen molar-refractivity contribution in [3.05, 3.63) is 0 Å². The van der Waals surface area contributed by atoms with E-state index in [1.54, 1.807) is 11.8 Å². The summed E-state index contributed by atoms with van der Waals surface area (Å²) in [7, 11) is 1.16. The Morgan fingerprint density at radius 1 is 1.32 bits per heavy atom. The molecule has 0 aromatic carbocycles. The van der Waals surface area contributed by atoms with E-state index in [1.807, 2.05) is 6.26 Å². The Kier molecular flexibility index (Phi) is 9.69. The third kappa shape index (κ3) is 9.18. The molecule has 0 unspecified atom stereocenters. The van der Waals surface area contributed by atoms with Gasteiger partial charge in [-0.25, -0.2) is 9.59 Å². The molecule has 1 atom stereocenters. The van der Waals surface area contributed by atoms with E-state index in [0.717, 1.165) is 25.7 Å². The summed E-state index contributed by atoms with van der Waals surface area (Å²) < 4.78 is 4.36. The van der Waals surface area contributed by atoms with E-state index in [1.165, 1.54) is 0 Å². The third-order valence-corrected chi connectivity index (χ3v) is 2.96. The number of thioether (sulfide) groups is 1. The van der Waals surface area contributed by atoms with Gasteiger partial charge in [-0.05, 0) is 24.9 Å². The maximum Gasteiger partial charge on any atom is 0.326 e. The van der Waals surface area contributed by atoms with Crippen LogP contribution in [0.4, 0.5) is 4.79 Å². The normalized spacial score (nSPS) is 11.5. The van der Waals surface area contributed by atoms with Gasteiger partial charge in [-0.3, -0.25) is 4.79 Å². The fraction of sp³-hybridized carbons (Fsp3) is 0.727. The molecule has 0 rings (SSSR count). The van der Waals surface area contributed by atoms with Crippen LogP contribution in [0.15, 0.2) is 0 Å². The molecule has 2 amide bonds. The predicted octanol–water partition coefficient (Wildman–Crippen LogP) is 0.445. The number of carboxylic acid groups (broad SMARTS) is 1. The standard InChI is InChI=1S/C11H20N2O5S/c1-18-9(14)7-8(10(15)16)13-11(17)12-5-3-4-6-19-2/h8H,3-7H2,1-2H3,(H,15,16)(H2,12,13,17)/t8-/m0/s1. The molecule has 0 heterocycles. The van der Waals surface area contributed by atoms with Gasteiger partial charge in [0.25, 0.3) is 0 Å². The van der Waals surface area contributed by atoms with Crippen molar-refractivity contribution in [3.8, 4) is 0 Å². The van der Waals surface area contributed by atoms with Crippen molar-refractivity contribution in [1.29, 1.82) is 0 Å². The highest BCUT2D eigenvalue weighted by atomic mass is 32.2. The molecule has 8 heteroatoms. The van der Waals surface area contributed by atoms with Gasteiger partial charge in [0.05, 0.1) is 13.5 Å². The minimum Gasteiger partial charge on any atom is -0.480 e. The number of methoxy groups -OCH3 is 1. The molecule has 0 aromatic heterocycles. The fourth-order valence-electron chi connectivity index (χ4n) is 1.23. The number of hydrogen-bond acceptors (Lipinski definition) is 5. The zero-order chi connectivity index (χ0) is 14.7. The summed E-state index contributed by atoms with van der Waals surface area (Å²) in [5.41, 5.74) is 0. The van der Waals surface area contributed by atoms with Crippen molar-refractivity contribution in [3.63, 3.8) is 0 Å². The van der Waals surface area contributed by atoms with Crippen LogP contribution in [0.2, 0.25) is 0 Å². The fourth-order valence-corrected chi connectivity index (χ4v) is 1.73. The van der Waals surface area contributed by atoms with Gasteiger partial charge in [-0.2, -0.15) is 11.8 Å². The van der Waals surface area contributed by atoms with Crippen molar-refractivity contribution in [2.75, 3.05) is 25.7 Å². The number of carbonyl (C=O) groups excluding carboxylic acids is 2. The van der Waals surface area contributed by atoms with Crippen LogP contribution in [0.1, 0.15) is 19.3 Å². The quantitative estimate of drug-likeness (QED) is 0.421. The van der Waals surface area contributed by atoms with Crippen molar-refractivity contribution < 1.29 is 24.2 Å². The predicted molar refractivity (Wildman–Crippen MR) is 72.2 cm³/mol. The molecule has 0 bridgehead atoms. The molecule has 0 aliphatic heterocycles. The van der Waals surface area contributed by atoms with Gasteiger partial charge in [-0.15, -0.1) is 0 Å². The monoisotopic (exact) mass is 292 g/mol. The number of carbonyl (C=O) groups is 3. The van der Waals surface area contributed by atoms with Gasteiger partial charge >= 0.3 is 18.0 Å². The van der Waals surface area contributed by atoms with Crippen molar-refractivity contribution in [2.24, 2.45) is 0 Å². The molecule has 3 N–H and O–H groups in total. The average Bonchev–Trinajstić information content (AvgIpc) is 2.37. The van der Waals surface area contributed by atoms with E-state index < -0.39 is 30.4 Å². The smallest absolute Gasteiger partial charge is 0.326 e. The Balaban J connectivity index is 3.97. The summed E-state index contributed by atoms with van der Waals surface area (Å²) in [6.07, 6.45) is 3.41. The number of unbranched alkanes of at least 4 members (excludes halogenated alkanes) is 1. The van der Waals surface area contributed by atoms with E-state index in [0.29, 0.717) is 6.54 Å². The molecule has 0 saturated carbocycles. The first-order valence-electron chi connectivity index (χ1n) is 5.84. The highest BCUT2D eigenvalue weighted by molar-refractivity contribution is 7.98. The molecule has 110 valence electrons. The Bertz CT molecular complexity index is 311. The highest BCUT2D eigenvalue weighted by Gasteiger charge is 2.23. The molecule has 0 spiro atoms. The van der Waals surface area contributed by atoms with Crippen LogP contribution in [-0.4, -0.2) is 54.8 Å². The van der Waals surface area contributed by atoms with Crippen LogP contribution < -0.4 is 10.6 Å². The second-order valence-electron chi connectivity index (χ2n) is 3.77. The number of urea groups is 1. The largest absolute Gasteiger partial charge is 0.480 e. The van der Waals surface area contributed by atoms with Gasteiger partial charge in [0.1, 0.15) is 6.04 Å². The number of nitrogens with one attached hydrogen (secondary N) is 2. The lowest BCUT2D eigenvalue weighted by Gasteiger charge is -2.14. The first-order valence-corrected chi connectivity index (χ1v) is 7.23. The molecule has 0 aliphatic carbocycles. The minimum atomic E-state index is -1.28. The van der Waals surface area contributed by atoms with Crippen LogP contribution in [0, 0.1) is 0 Å². The van der Waals surface area contributed by atoms with Gasteiger partial charge in [0.2, 0.25) is 0 Å². The Hall–Kier alpha value is -1.44. The third-order valence-electron chi connectivity index (χ3n) is 2.26. The zero-order valence-electron chi connectivity index (χ0n) is 11.1. The molecule has 19 heavy (non-hydrogen) atoms. The minimum absolute atomic E-state index is 0.397. The van der Waals surface area contributed by atoms with Crippen LogP contribution in [0.3, 0.4) is 0 Å². The van der Waals surface area contributed by atoms with E-state index in [4.69, 9.17) is 5.11 Å². The Morgan fingerprint density at radius 3 is 2.53 bits per heavy atom. The molecule has 7 nitrogen and oxygen atoms in total. The van der Waals surface area contributed by atoms with Crippen LogP contribution >= 0.6 is 11.8 Å². The number of ether oxygens (including phenoxy) is 1. The van der Waals surface area contributed by atoms with Crippen LogP contribution in [-0.2, 0) is 14.3 Å². The first-order chi connectivity index (χ1) is 9.01. The second kappa shape index (κ2) is 10.5. The molecule has 0 radical (unpaired) electrons. The first kappa shape index (κ1) is 17.6. The molecule has 0 saturated heterocycles. The Morgan fingerprint density at radius 2 is 2.00 bits per heavy atom. The van der Waals surface area contributed by atoms with Crippen LogP contribution in [0.5, 0.6) is 0 Å². The summed E-state index contributed by atoms with van der Waals surface area (Å²) in [6.45, 7) is 0.469. The molecule has 0 aliphatic rings. The lowest BCUT2D eigenvalue weighted by atomic mass is 10.2.